The highest BCUT2D eigenvalue weighted by Crippen LogP contribution is 2.29. The van der Waals surface area contributed by atoms with E-state index in [4.69, 9.17) is 21.1 Å². The van der Waals surface area contributed by atoms with Crippen LogP contribution in [0, 0.1) is 5.92 Å². The van der Waals surface area contributed by atoms with Crippen molar-refractivity contribution in [2.24, 2.45) is 5.92 Å². The van der Waals surface area contributed by atoms with Gasteiger partial charge in [0.25, 0.3) is 5.91 Å². The van der Waals surface area contributed by atoms with Crippen molar-refractivity contribution in [1.29, 1.82) is 0 Å². The number of methoxy groups -OCH3 is 2. The van der Waals surface area contributed by atoms with E-state index in [2.05, 4.69) is 5.32 Å². The van der Waals surface area contributed by atoms with Gasteiger partial charge in [0.05, 0.1) is 14.2 Å². The van der Waals surface area contributed by atoms with Crippen LogP contribution in [0.15, 0.2) is 18.2 Å². The number of hydrogen-bond donors (Lipinski definition) is 1. The summed E-state index contributed by atoms with van der Waals surface area (Å²) in [5.41, 5.74) is 0.533. The standard InChI is InChI=1S/C15H20ClNO3/c1-19-12-6-11(7-13(8-12)20-2)15(18)17-9-10-4-3-5-14(10)16/h6-8,10,14H,3-5,9H2,1-2H3,(H,17,18). The molecule has 1 saturated carbocycles. The second-order valence-electron chi connectivity index (χ2n) is 5.02. The van der Waals surface area contributed by atoms with Gasteiger partial charge in [-0.15, -0.1) is 11.6 Å². The van der Waals surface area contributed by atoms with Crippen molar-refractivity contribution in [3.05, 3.63) is 23.8 Å². The maximum absolute atomic E-state index is 12.2. The summed E-state index contributed by atoms with van der Waals surface area (Å²) >= 11 is 6.21. The third-order valence-electron chi connectivity index (χ3n) is 3.70. The SMILES string of the molecule is COc1cc(OC)cc(C(=O)NCC2CCCC2Cl)c1. The fourth-order valence-corrected chi connectivity index (χ4v) is 2.86. The van der Waals surface area contributed by atoms with Crippen molar-refractivity contribution in [2.75, 3.05) is 20.8 Å². The maximum Gasteiger partial charge on any atom is 0.251 e. The van der Waals surface area contributed by atoms with Crippen LogP contribution in [-0.2, 0) is 0 Å². The van der Waals surface area contributed by atoms with Gasteiger partial charge in [-0.05, 0) is 30.9 Å². The van der Waals surface area contributed by atoms with Crippen molar-refractivity contribution in [3.8, 4) is 11.5 Å². The summed E-state index contributed by atoms with van der Waals surface area (Å²) in [5, 5.41) is 3.12. The van der Waals surface area contributed by atoms with Crippen molar-refractivity contribution in [3.63, 3.8) is 0 Å². The van der Waals surface area contributed by atoms with Crippen molar-refractivity contribution in [2.45, 2.75) is 24.6 Å². The molecule has 0 saturated heterocycles. The number of ether oxygens (including phenoxy) is 2. The normalized spacial score (nSPS) is 21.6. The largest absolute Gasteiger partial charge is 0.497 e. The Kier molecular flexibility index (Phi) is 5.12. The van der Waals surface area contributed by atoms with Crippen LogP contribution in [0.2, 0.25) is 0 Å². The lowest BCUT2D eigenvalue weighted by atomic mass is 10.1. The molecule has 110 valence electrons. The summed E-state index contributed by atoms with van der Waals surface area (Å²) in [6.07, 6.45) is 3.26. The quantitative estimate of drug-likeness (QED) is 0.850. The fourth-order valence-electron chi connectivity index (χ4n) is 2.49. The molecule has 1 aromatic carbocycles. The maximum atomic E-state index is 12.2. The Morgan fingerprint density at radius 3 is 2.40 bits per heavy atom. The molecule has 1 fully saturated rings. The Hall–Kier alpha value is -1.42. The van der Waals surface area contributed by atoms with Gasteiger partial charge in [-0.25, -0.2) is 0 Å². The molecule has 2 unspecified atom stereocenters. The molecule has 1 N–H and O–H groups in total. The van der Waals surface area contributed by atoms with Gasteiger partial charge >= 0.3 is 0 Å². The second kappa shape index (κ2) is 6.84. The summed E-state index contributed by atoms with van der Waals surface area (Å²) in [5.74, 6) is 1.45. The Morgan fingerprint density at radius 1 is 1.25 bits per heavy atom. The molecule has 2 atom stereocenters. The van der Waals surface area contributed by atoms with E-state index in [1.54, 1.807) is 32.4 Å². The molecular weight excluding hydrogens is 278 g/mol. The molecule has 2 rings (SSSR count). The molecule has 1 amide bonds. The van der Waals surface area contributed by atoms with Gasteiger partial charge in [-0.3, -0.25) is 4.79 Å². The van der Waals surface area contributed by atoms with E-state index in [1.165, 1.54) is 0 Å². The molecule has 0 bridgehead atoms. The zero-order valence-electron chi connectivity index (χ0n) is 11.8. The summed E-state index contributed by atoms with van der Waals surface area (Å²) in [6.45, 7) is 0.618. The van der Waals surface area contributed by atoms with E-state index in [1.807, 2.05) is 0 Å². The van der Waals surface area contributed by atoms with Crippen molar-refractivity contribution < 1.29 is 14.3 Å². The van der Waals surface area contributed by atoms with Gasteiger partial charge in [0.15, 0.2) is 0 Å². The lowest BCUT2D eigenvalue weighted by Gasteiger charge is -2.15. The van der Waals surface area contributed by atoms with Gasteiger partial charge in [0, 0.05) is 23.6 Å². The Labute approximate surface area is 124 Å². The molecule has 0 spiro atoms. The first-order valence-corrected chi connectivity index (χ1v) is 7.23. The Bertz CT molecular complexity index is 456. The molecule has 4 nitrogen and oxygen atoms in total. The zero-order chi connectivity index (χ0) is 14.5. The first-order chi connectivity index (χ1) is 9.63. The minimum Gasteiger partial charge on any atom is -0.497 e. The summed E-state index contributed by atoms with van der Waals surface area (Å²) in [6, 6.07) is 5.14. The highest BCUT2D eigenvalue weighted by molar-refractivity contribution is 6.21. The molecule has 0 radical (unpaired) electrons. The highest BCUT2D eigenvalue weighted by Gasteiger charge is 2.25. The molecule has 0 aromatic heterocycles. The summed E-state index contributed by atoms with van der Waals surface area (Å²) in [4.78, 5) is 12.2. The number of nitrogens with one attached hydrogen (secondary N) is 1. The average Bonchev–Trinajstić information content (AvgIpc) is 2.89. The molecule has 20 heavy (non-hydrogen) atoms. The van der Waals surface area contributed by atoms with Crippen LogP contribution in [0.5, 0.6) is 11.5 Å². The first-order valence-electron chi connectivity index (χ1n) is 6.79. The Balaban J connectivity index is 2.01. The number of hydrogen-bond acceptors (Lipinski definition) is 3. The van der Waals surface area contributed by atoms with Crippen LogP contribution >= 0.6 is 11.6 Å². The smallest absolute Gasteiger partial charge is 0.251 e. The number of benzene rings is 1. The predicted molar refractivity (Wildman–Crippen MR) is 78.9 cm³/mol. The highest BCUT2D eigenvalue weighted by atomic mass is 35.5. The molecule has 1 aliphatic carbocycles. The van der Waals surface area contributed by atoms with Crippen LogP contribution in [0.4, 0.5) is 0 Å². The van der Waals surface area contributed by atoms with Gasteiger partial charge in [-0.1, -0.05) is 6.42 Å². The van der Waals surface area contributed by atoms with Gasteiger partial charge in [0.2, 0.25) is 0 Å². The molecule has 0 heterocycles. The number of alkyl halides is 1. The molecule has 1 aromatic rings. The lowest BCUT2D eigenvalue weighted by molar-refractivity contribution is 0.0947. The first kappa shape index (κ1) is 15.0. The summed E-state index contributed by atoms with van der Waals surface area (Å²) < 4.78 is 10.3. The third kappa shape index (κ3) is 3.57. The molecule has 1 aliphatic rings. The molecule has 5 heteroatoms. The number of rotatable bonds is 5. The average molecular weight is 298 g/mol. The Morgan fingerprint density at radius 2 is 1.90 bits per heavy atom. The van der Waals surface area contributed by atoms with Crippen LogP contribution in [0.3, 0.4) is 0 Å². The topological polar surface area (TPSA) is 47.6 Å². The monoisotopic (exact) mass is 297 g/mol. The van der Waals surface area contributed by atoms with Crippen molar-refractivity contribution in [1.82, 2.24) is 5.32 Å². The van der Waals surface area contributed by atoms with E-state index in [-0.39, 0.29) is 11.3 Å². The summed E-state index contributed by atoms with van der Waals surface area (Å²) in [7, 11) is 3.13. The second-order valence-corrected chi connectivity index (χ2v) is 5.58. The van der Waals surface area contributed by atoms with E-state index < -0.39 is 0 Å². The van der Waals surface area contributed by atoms with E-state index >= 15 is 0 Å². The lowest BCUT2D eigenvalue weighted by Crippen LogP contribution is -2.31. The van der Waals surface area contributed by atoms with E-state index in [0.29, 0.717) is 29.5 Å². The minimum absolute atomic E-state index is 0.127. The van der Waals surface area contributed by atoms with E-state index in [0.717, 1.165) is 19.3 Å². The predicted octanol–water partition coefficient (Wildman–Crippen LogP) is 2.84. The van der Waals surface area contributed by atoms with E-state index in [9.17, 15) is 4.79 Å². The van der Waals surface area contributed by atoms with Crippen molar-refractivity contribution >= 4 is 17.5 Å². The number of halogens is 1. The van der Waals surface area contributed by atoms with Crippen LogP contribution in [0.1, 0.15) is 29.6 Å². The fraction of sp³-hybridized carbons (Fsp3) is 0.533. The number of carbonyl (C=O) groups excluding carboxylic acids is 1. The molecule has 0 aliphatic heterocycles. The van der Waals surface area contributed by atoms with Crippen LogP contribution in [0.25, 0.3) is 0 Å². The third-order valence-corrected chi connectivity index (χ3v) is 4.28. The van der Waals surface area contributed by atoms with Gasteiger partial charge in [-0.2, -0.15) is 0 Å². The van der Waals surface area contributed by atoms with Crippen LogP contribution in [-0.4, -0.2) is 32.0 Å². The molecular formula is C15H20ClNO3. The van der Waals surface area contributed by atoms with Gasteiger partial charge in [0.1, 0.15) is 11.5 Å². The van der Waals surface area contributed by atoms with Crippen LogP contribution < -0.4 is 14.8 Å². The number of amides is 1. The van der Waals surface area contributed by atoms with Gasteiger partial charge < -0.3 is 14.8 Å². The number of carbonyl (C=O) groups is 1. The zero-order valence-corrected chi connectivity index (χ0v) is 12.6. The minimum atomic E-state index is -0.127.